The summed E-state index contributed by atoms with van der Waals surface area (Å²) in [6.07, 6.45) is 3.76. The number of hydrogen-bond donors (Lipinski definition) is 2. The topological polar surface area (TPSA) is 119 Å². The van der Waals surface area contributed by atoms with Crippen molar-refractivity contribution in [2.24, 2.45) is 5.92 Å². The van der Waals surface area contributed by atoms with Crippen molar-refractivity contribution in [3.63, 3.8) is 0 Å². The zero-order chi connectivity index (χ0) is 23.0. The molecule has 9 heteroatoms. The van der Waals surface area contributed by atoms with Gasteiger partial charge >= 0.3 is 6.03 Å². The third-order valence-electron chi connectivity index (χ3n) is 5.37. The molecule has 1 heterocycles. The number of sulfone groups is 1. The fourth-order valence-electron chi connectivity index (χ4n) is 3.88. The van der Waals surface area contributed by atoms with Gasteiger partial charge in [0.15, 0.2) is 9.84 Å². The van der Waals surface area contributed by atoms with Crippen molar-refractivity contribution in [3.8, 4) is 6.07 Å². The molecule has 0 spiro atoms. The molecule has 1 saturated heterocycles. The minimum absolute atomic E-state index is 0.0485. The van der Waals surface area contributed by atoms with E-state index in [1.807, 2.05) is 32.0 Å². The van der Waals surface area contributed by atoms with E-state index in [1.165, 1.54) is 6.26 Å². The molecule has 1 fully saturated rings. The number of carbonyl (C=O) groups excluding carboxylic acids is 2. The molecule has 0 bridgehead atoms. The lowest BCUT2D eigenvalue weighted by atomic mass is 9.91. The van der Waals surface area contributed by atoms with Gasteiger partial charge in [0.05, 0.1) is 11.0 Å². The van der Waals surface area contributed by atoms with Crippen LogP contribution in [-0.2, 0) is 14.6 Å². The van der Waals surface area contributed by atoms with E-state index in [2.05, 4.69) is 10.6 Å². The summed E-state index contributed by atoms with van der Waals surface area (Å²) in [4.78, 5) is 27.0. The van der Waals surface area contributed by atoms with Crippen LogP contribution in [0, 0.1) is 17.2 Å². The van der Waals surface area contributed by atoms with Crippen LogP contribution in [0.2, 0.25) is 0 Å². The molecule has 8 nitrogen and oxygen atoms in total. The molecule has 1 aliphatic heterocycles. The first-order valence-corrected chi connectivity index (χ1v) is 12.5. The lowest BCUT2D eigenvalue weighted by molar-refractivity contribution is -0.121. The van der Waals surface area contributed by atoms with Gasteiger partial charge in [-0.2, -0.15) is 5.26 Å². The molecule has 2 atom stereocenters. The van der Waals surface area contributed by atoms with E-state index in [0.717, 1.165) is 18.4 Å². The van der Waals surface area contributed by atoms with Crippen LogP contribution in [0.15, 0.2) is 29.2 Å². The van der Waals surface area contributed by atoms with Crippen LogP contribution in [0.4, 0.5) is 4.79 Å². The molecule has 0 aliphatic carbocycles. The number of nitrogens with one attached hydrogen (secondary N) is 2. The Morgan fingerprint density at radius 1 is 1.26 bits per heavy atom. The highest BCUT2D eigenvalue weighted by Gasteiger charge is 2.27. The second-order valence-electron chi connectivity index (χ2n) is 8.54. The molecule has 3 amide bonds. The number of nitrogens with zero attached hydrogens (tertiary/aromatic N) is 2. The van der Waals surface area contributed by atoms with E-state index >= 15 is 0 Å². The van der Waals surface area contributed by atoms with Gasteiger partial charge < -0.3 is 15.5 Å². The number of piperidine rings is 1. The van der Waals surface area contributed by atoms with Crippen molar-refractivity contribution < 1.29 is 18.0 Å². The second-order valence-corrected chi connectivity index (χ2v) is 10.6. The van der Waals surface area contributed by atoms with Crippen LogP contribution in [-0.4, -0.2) is 57.2 Å². The van der Waals surface area contributed by atoms with Crippen molar-refractivity contribution in [2.75, 3.05) is 25.9 Å². The molecular formula is C22H32N4O4S. The van der Waals surface area contributed by atoms with E-state index in [-0.39, 0.29) is 41.8 Å². The molecule has 0 saturated carbocycles. The quantitative estimate of drug-likeness (QED) is 0.592. The first-order valence-electron chi connectivity index (χ1n) is 10.6. The molecule has 1 aromatic carbocycles. The maximum absolute atomic E-state index is 12.9. The van der Waals surface area contributed by atoms with Crippen molar-refractivity contribution in [3.05, 3.63) is 29.8 Å². The Morgan fingerprint density at radius 2 is 1.94 bits per heavy atom. The minimum Gasteiger partial charge on any atom is -0.343 e. The predicted molar refractivity (Wildman–Crippen MR) is 118 cm³/mol. The van der Waals surface area contributed by atoms with E-state index in [4.69, 9.17) is 5.26 Å². The predicted octanol–water partition coefficient (Wildman–Crippen LogP) is 2.42. The van der Waals surface area contributed by atoms with Gasteiger partial charge in [-0.3, -0.25) is 4.79 Å². The molecule has 1 aromatic rings. The summed E-state index contributed by atoms with van der Waals surface area (Å²) in [5, 5.41) is 14.1. The SMILES string of the molecule is CC(C)CC(CC(=O)NCC#N)NC(=O)N1CCCC(c2ccc(S(C)(=O)=O)cc2)C1. The Balaban J connectivity index is 2.01. The number of benzene rings is 1. The summed E-state index contributed by atoms with van der Waals surface area (Å²) in [7, 11) is -3.24. The lowest BCUT2D eigenvalue weighted by Crippen LogP contribution is -2.49. The Bertz CT molecular complexity index is 906. The fraction of sp³-hybridized carbons (Fsp3) is 0.591. The van der Waals surface area contributed by atoms with Gasteiger partial charge in [0.1, 0.15) is 6.54 Å². The Labute approximate surface area is 184 Å². The summed E-state index contributed by atoms with van der Waals surface area (Å²) in [6, 6.07) is 8.25. The van der Waals surface area contributed by atoms with Crippen LogP contribution in [0.5, 0.6) is 0 Å². The first-order chi connectivity index (χ1) is 14.6. The van der Waals surface area contributed by atoms with Crippen LogP contribution in [0.3, 0.4) is 0 Å². The van der Waals surface area contributed by atoms with E-state index < -0.39 is 9.84 Å². The standard InChI is InChI=1S/C22H32N4O4S/c1-16(2)13-19(14-21(27)24-11-10-23)25-22(28)26-12-4-5-18(15-26)17-6-8-20(9-7-17)31(3,29)30/h6-9,16,18-19H,4-5,11-15H2,1-3H3,(H,24,27)(H,25,28). The van der Waals surface area contributed by atoms with Crippen LogP contribution in [0.1, 0.15) is 51.0 Å². The molecule has 2 N–H and O–H groups in total. The molecule has 2 rings (SSSR count). The van der Waals surface area contributed by atoms with Gasteiger partial charge in [0.25, 0.3) is 0 Å². The Morgan fingerprint density at radius 3 is 2.52 bits per heavy atom. The monoisotopic (exact) mass is 448 g/mol. The van der Waals surface area contributed by atoms with Gasteiger partial charge in [-0.15, -0.1) is 0 Å². The van der Waals surface area contributed by atoms with Crippen molar-refractivity contribution in [1.82, 2.24) is 15.5 Å². The molecule has 1 aliphatic rings. The van der Waals surface area contributed by atoms with E-state index in [0.29, 0.717) is 25.4 Å². The van der Waals surface area contributed by atoms with Crippen LogP contribution in [0.25, 0.3) is 0 Å². The molecule has 0 aromatic heterocycles. The molecule has 0 radical (unpaired) electrons. The number of hydrogen-bond acceptors (Lipinski definition) is 5. The lowest BCUT2D eigenvalue weighted by Gasteiger charge is -2.34. The minimum atomic E-state index is -3.24. The first kappa shape index (κ1) is 24.7. The van der Waals surface area contributed by atoms with Gasteiger partial charge in [-0.05, 0) is 42.9 Å². The van der Waals surface area contributed by atoms with Gasteiger partial charge in [-0.25, -0.2) is 13.2 Å². The molecule has 31 heavy (non-hydrogen) atoms. The number of urea groups is 1. The zero-order valence-corrected chi connectivity index (χ0v) is 19.2. The highest BCUT2D eigenvalue weighted by atomic mass is 32.2. The summed E-state index contributed by atoms with van der Waals surface area (Å²) >= 11 is 0. The number of rotatable bonds is 8. The number of amides is 3. The fourth-order valence-corrected chi connectivity index (χ4v) is 4.51. The highest BCUT2D eigenvalue weighted by Crippen LogP contribution is 2.28. The maximum atomic E-state index is 12.9. The molecule has 170 valence electrons. The summed E-state index contributed by atoms with van der Waals surface area (Å²) in [5.41, 5.74) is 1.01. The second kappa shape index (κ2) is 11.1. The maximum Gasteiger partial charge on any atom is 0.317 e. The summed E-state index contributed by atoms with van der Waals surface area (Å²) < 4.78 is 23.3. The van der Waals surface area contributed by atoms with Crippen LogP contribution >= 0.6 is 0 Å². The van der Waals surface area contributed by atoms with Crippen LogP contribution < -0.4 is 10.6 Å². The van der Waals surface area contributed by atoms with E-state index in [9.17, 15) is 18.0 Å². The molecule has 2 unspecified atom stereocenters. The third kappa shape index (κ3) is 7.87. The summed E-state index contributed by atoms with van der Waals surface area (Å²) in [5.74, 6) is 0.183. The van der Waals surface area contributed by atoms with Gasteiger partial charge in [0.2, 0.25) is 5.91 Å². The Kier molecular flexibility index (Phi) is 8.87. The van der Waals surface area contributed by atoms with Gasteiger partial charge in [0, 0.05) is 37.7 Å². The third-order valence-corrected chi connectivity index (χ3v) is 6.50. The summed E-state index contributed by atoms with van der Waals surface area (Å²) in [6.45, 7) is 5.19. The van der Waals surface area contributed by atoms with Crippen molar-refractivity contribution in [2.45, 2.75) is 56.4 Å². The number of likely N-dealkylation sites (tertiary alicyclic amines) is 1. The number of nitriles is 1. The van der Waals surface area contributed by atoms with Crippen molar-refractivity contribution in [1.29, 1.82) is 5.26 Å². The van der Waals surface area contributed by atoms with Gasteiger partial charge in [-0.1, -0.05) is 26.0 Å². The number of carbonyl (C=O) groups is 2. The largest absolute Gasteiger partial charge is 0.343 e. The van der Waals surface area contributed by atoms with E-state index in [1.54, 1.807) is 17.0 Å². The normalized spacial score (nSPS) is 17.6. The van der Waals surface area contributed by atoms with Crippen molar-refractivity contribution >= 4 is 21.8 Å². The average Bonchev–Trinajstić information content (AvgIpc) is 2.71. The molecular weight excluding hydrogens is 416 g/mol. The highest BCUT2D eigenvalue weighted by molar-refractivity contribution is 7.90. The average molecular weight is 449 g/mol. The zero-order valence-electron chi connectivity index (χ0n) is 18.4. The smallest absolute Gasteiger partial charge is 0.317 e. The Hall–Kier alpha value is -2.60.